The SMILES string of the molecule is CC[C@H](N)C(=O)NCCCC[P+](c1ccccc1)(c1ccccc1)c1ccccc1. The standard InChI is InChI=1S/C26H31N2OP/c1-2-25(27)26(29)28-20-12-13-21-30(22-14-6-3-7-15-22,23-16-8-4-9-17-23)24-18-10-5-11-19-24/h3-11,14-19,25H,2,12-13,20-21,27H2,1H3/p+1/t25-/m0/s1. The molecule has 3 nitrogen and oxygen atoms in total. The molecule has 3 N–H and O–H groups in total. The van der Waals surface area contributed by atoms with Crippen LogP contribution in [0.1, 0.15) is 26.2 Å². The van der Waals surface area contributed by atoms with Gasteiger partial charge in [0.2, 0.25) is 5.91 Å². The van der Waals surface area contributed by atoms with E-state index in [4.69, 9.17) is 5.73 Å². The fourth-order valence-corrected chi connectivity index (χ4v) is 8.29. The van der Waals surface area contributed by atoms with Gasteiger partial charge in [-0.1, -0.05) is 61.5 Å². The molecule has 4 heteroatoms. The predicted molar refractivity (Wildman–Crippen MR) is 131 cm³/mol. The normalized spacial score (nSPS) is 12.3. The Hall–Kier alpha value is -2.48. The second kappa shape index (κ2) is 11.1. The number of amides is 1. The number of hydrogen-bond donors (Lipinski definition) is 2. The molecule has 0 aliphatic heterocycles. The third-order valence-corrected chi connectivity index (χ3v) is 10.1. The van der Waals surface area contributed by atoms with Gasteiger partial charge in [0.25, 0.3) is 0 Å². The van der Waals surface area contributed by atoms with Crippen molar-refractivity contribution in [2.75, 3.05) is 12.7 Å². The Balaban J connectivity index is 1.87. The summed E-state index contributed by atoms with van der Waals surface area (Å²) < 4.78 is 0. The fourth-order valence-electron chi connectivity index (χ4n) is 3.88. The lowest BCUT2D eigenvalue weighted by atomic mass is 10.2. The highest BCUT2D eigenvalue weighted by Gasteiger charge is 2.44. The maximum absolute atomic E-state index is 12.0. The Kier molecular flexibility index (Phi) is 8.19. The lowest BCUT2D eigenvalue weighted by molar-refractivity contribution is -0.122. The molecule has 3 aromatic carbocycles. The summed E-state index contributed by atoms with van der Waals surface area (Å²) in [6.45, 7) is 2.60. The number of carbonyl (C=O) groups excluding carboxylic acids is 1. The van der Waals surface area contributed by atoms with Gasteiger partial charge in [-0.3, -0.25) is 4.79 Å². The molecule has 0 aliphatic rings. The van der Waals surface area contributed by atoms with E-state index in [0.717, 1.165) is 19.0 Å². The van der Waals surface area contributed by atoms with Crippen molar-refractivity contribution in [1.29, 1.82) is 0 Å². The first-order chi connectivity index (χ1) is 14.7. The molecular weight excluding hydrogens is 387 g/mol. The zero-order valence-corrected chi connectivity index (χ0v) is 18.6. The lowest BCUT2D eigenvalue weighted by Gasteiger charge is -2.27. The van der Waals surface area contributed by atoms with Crippen molar-refractivity contribution >= 4 is 29.1 Å². The molecule has 3 aromatic rings. The number of nitrogens with two attached hydrogens (primary N) is 1. The highest BCUT2D eigenvalue weighted by atomic mass is 31.2. The Labute approximate surface area is 181 Å². The monoisotopic (exact) mass is 419 g/mol. The van der Waals surface area contributed by atoms with E-state index in [0.29, 0.717) is 13.0 Å². The van der Waals surface area contributed by atoms with Gasteiger partial charge < -0.3 is 11.1 Å². The maximum Gasteiger partial charge on any atom is 0.236 e. The second-order valence-corrected chi connectivity index (χ2v) is 11.2. The van der Waals surface area contributed by atoms with Gasteiger partial charge in [-0.15, -0.1) is 0 Å². The fraction of sp³-hybridized carbons (Fsp3) is 0.269. The largest absolute Gasteiger partial charge is 0.355 e. The summed E-state index contributed by atoms with van der Waals surface area (Å²) in [5.41, 5.74) is 5.82. The Bertz CT molecular complexity index is 803. The minimum atomic E-state index is -1.78. The van der Waals surface area contributed by atoms with Gasteiger partial charge in [0.1, 0.15) is 23.2 Å². The third kappa shape index (κ3) is 5.16. The molecule has 0 aromatic heterocycles. The number of rotatable bonds is 10. The Morgan fingerprint density at radius 1 is 0.800 bits per heavy atom. The van der Waals surface area contributed by atoms with Crippen LogP contribution in [0.5, 0.6) is 0 Å². The number of benzene rings is 3. The Morgan fingerprint density at radius 2 is 1.23 bits per heavy atom. The average molecular weight is 420 g/mol. The van der Waals surface area contributed by atoms with Crippen LogP contribution in [-0.2, 0) is 4.79 Å². The van der Waals surface area contributed by atoms with Crippen LogP contribution in [-0.4, -0.2) is 24.7 Å². The van der Waals surface area contributed by atoms with Crippen molar-refractivity contribution < 1.29 is 4.79 Å². The molecule has 1 amide bonds. The highest BCUT2D eigenvalue weighted by Crippen LogP contribution is 2.55. The van der Waals surface area contributed by atoms with Crippen molar-refractivity contribution in [2.24, 2.45) is 5.73 Å². The number of unbranched alkanes of at least 4 members (excludes halogenated alkanes) is 1. The lowest BCUT2D eigenvalue weighted by Crippen LogP contribution is -2.40. The van der Waals surface area contributed by atoms with E-state index in [1.807, 2.05) is 6.92 Å². The highest BCUT2D eigenvalue weighted by molar-refractivity contribution is 7.95. The topological polar surface area (TPSA) is 55.1 Å². The summed E-state index contributed by atoms with van der Waals surface area (Å²) in [5, 5.41) is 7.19. The molecule has 3 rings (SSSR count). The van der Waals surface area contributed by atoms with Gasteiger partial charge in [0.05, 0.1) is 12.2 Å². The minimum Gasteiger partial charge on any atom is -0.355 e. The van der Waals surface area contributed by atoms with Crippen LogP contribution >= 0.6 is 7.26 Å². The zero-order valence-electron chi connectivity index (χ0n) is 17.7. The third-order valence-electron chi connectivity index (χ3n) is 5.59. The van der Waals surface area contributed by atoms with Crippen molar-refractivity contribution in [3.05, 3.63) is 91.0 Å². The van der Waals surface area contributed by atoms with E-state index in [9.17, 15) is 4.79 Å². The average Bonchev–Trinajstić information content (AvgIpc) is 2.82. The number of hydrogen-bond acceptors (Lipinski definition) is 2. The molecule has 0 radical (unpaired) electrons. The van der Waals surface area contributed by atoms with Gasteiger partial charge in [0.15, 0.2) is 0 Å². The van der Waals surface area contributed by atoms with E-state index in [1.165, 1.54) is 15.9 Å². The molecule has 0 saturated heterocycles. The first-order valence-corrected chi connectivity index (χ1v) is 12.7. The molecule has 0 saturated carbocycles. The van der Waals surface area contributed by atoms with E-state index < -0.39 is 13.3 Å². The van der Waals surface area contributed by atoms with Crippen LogP contribution in [0.15, 0.2) is 91.0 Å². The van der Waals surface area contributed by atoms with Crippen molar-refractivity contribution in [3.8, 4) is 0 Å². The van der Waals surface area contributed by atoms with Crippen molar-refractivity contribution in [3.63, 3.8) is 0 Å². The summed E-state index contributed by atoms with van der Waals surface area (Å²) in [5.74, 6) is -0.0484. The van der Waals surface area contributed by atoms with Crippen LogP contribution in [0.25, 0.3) is 0 Å². The van der Waals surface area contributed by atoms with E-state index >= 15 is 0 Å². The van der Waals surface area contributed by atoms with Crippen LogP contribution in [0.3, 0.4) is 0 Å². The first kappa shape index (κ1) is 22.2. The van der Waals surface area contributed by atoms with Crippen LogP contribution in [0.4, 0.5) is 0 Å². The van der Waals surface area contributed by atoms with Gasteiger partial charge in [0, 0.05) is 6.54 Å². The zero-order chi connectivity index (χ0) is 21.2. The van der Waals surface area contributed by atoms with Crippen molar-refractivity contribution in [1.82, 2.24) is 5.32 Å². The summed E-state index contributed by atoms with van der Waals surface area (Å²) in [6, 6.07) is 32.3. The first-order valence-electron chi connectivity index (χ1n) is 10.8. The molecule has 0 aliphatic carbocycles. The van der Waals surface area contributed by atoms with E-state index in [2.05, 4.69) is 96.3 Å². The molecular formula is C26H32N2OP+. The van der Waals surface area contributed by atoms with Crippen LogP contribution < -0.4 is 27.0 Å². The number of carbonyl (C=O) groups is 1. The quantitative estimate of drug-likeness (QED) is 0.390. The molecule has 0 bridgehead atoms. The minimum absolute atomic E-state index is 0.0484. The summed E-state index contributed by atoms with van der Waals surface area (Å²) >= 11 is 0. The van der Waals surface area contributed by atoms with Gasteiger partial charge in [-0.2, -0.15) is 0 Å². The second-order valence-electron chi connectivity index (χ2n) is 7.55. The van der Waals surface area contributed by atoms with Gasteiger partial charge in [-0.05, 0) is 55.7 Å². The maximum atomic E-state index is 12.0. The molecule has 1 atom stereocenters. The Morgan fingerprint density at radius 3 is 1.63 bits per heavy atom. The molecule has 30 heavy (non-hydrogen) atoms. The van der Waals surface area contributed by atoms with Crippen LogP contribution in [0, 0.1) is 0 Å². The summed E-state index contributed by atoms with van der Waals surface area (Å²) in [6.07, 6.45) is 3.71. The summed E-state index contributed by atoms with van der Waals surface area (Å²) in [7, 11) is -1.78. The predicted octanol–water partition coefficient (Wildman–Crippen LogP) is 3.61. The van der Waals surface area contributed by atoms with Crippen molar-refractivity contribution in [2.45, 2.75) is 32.2 Å². The molecule has 0 spiro atoms. The van der Waals surface area contributed by atoms with E-state index in [-0.39, 0.29) is 5.91 Å². The smallest absolute Gasteiger partial charge is 0.236 e. The van der Waals surface area contributed by atoms with Gasteiger partial charge >= 0.3 is 0 Å². The summed E-state index contributed by atoms with van der Waals surface area (Å²) in [4.78, 5) is 12.0. The molecule has 0 heterocycles. The number of nitrogens with one attached hydrogen (secondary N) is 1. The molecule has 156 valence electrons. The molecule has 0 unspecified atom stereocenters. The van der Waals surface area contributed by atoms with Crippen LogP contribution in [0.2, 0.25) is 0 Å². The molecule has 0 fully saturated rings. The van der Waals surface area contributed by atoms with E-state index in [1.54, 1.807) is 0 Å². The van der Waals surface area contributed by atoms with Gasteiger partial charge in [-0.25, -0.2) is 0 Å².